The third kappa shape index (κ3) is 2.95. The Hall–Kier alpha value is -2.69. The number of anilines is 2. The molecule has 0 bridgehead atoms. The van der Waals surface area contributed by atoms with Crippen molar-refractivity contribution < 1.29 is 14.0 Å². The Morgan fingerprint density at radius 3 is 2.74 bits per heavy atom. The Morgan fingerprint density at radius 2 is 2.00 bits per heavy atom. The van der Waals surface area contributed by atoms with E-state index < -0.39 is 11.7 Å². The summed E-state index contributed by atoms with van der Waals surface area (Å²) >= 11 is 0. The number of nitrogens with zero attached hydrogens (tertiary/aromatic N) is 1. The molecule has 1 heterocycles. The van der Waals surface area contributed by atoms with Gasteiger partial charge in [-0.15, -0.1) is 0 Å². The predicted molar refractivity (Wildman–Crippen MR) is 87.1 cm³/mol. The third-order valence-corrected chi connectivity index (χ3v) is 3.97. The van der Waals surface area contributed by atoms with Gasteiger partial charge in [0.25, 0.3) is 5.91 Å². The first-order valence-corrected chi connectivity index (χ1v) is 7.59. The fourth-order valence-electron chi connectivity index (χ4n) is 2.83. The summed E-state index contributed by atoms with van der Waals surface area (Å²) in [4.78, 5) is 25.8. The van der Waals surface area contributed by atoms with Crippen molar-refractivity contribution in [1.29, 1.82) is 0 Å². The van der Waals surface area contributed by atoms with Crippen LogP contribution < -0.4 is 10.2 Å². The van der Waals surface area contributed by atoms with E-state index in [1.165, 1.54) is 12.1 Å². The maximum Gasteiger partial charge on any atom is 0.258 e. The lowest BCUT2D eigenvalue weighted by Crippen LogP contribution is -2.34. The summed E-state index contributed by atoms with van der Waals surface area (Å²) in [6.45, 7) is 2.55. The molecule has 1 aliphatic heterocycles. The molecule has 23 heavy (non-hydrogen) atoms. The topological polar surface area (TPSA) is 49.4 Å². The molecule has 0 fully saturated rings. The number of nitrogens with one attached hydrogen (secondary N) is 1. The Kier molecular flexibility index (Phi) is 4.10. The van der Waals surface area contributed by atoms with Gasteiger partial charge in [-0.25, -0.2) is 4.39 Å². The van der Waals surface area contributed by atoms with Crippen molar-refractivity contribution >= 4 is 23.2 Å². The molecule has 2 amide bonds. The van der Waals surface area contributed by atoms with E-state index in [1.807, 2.05) is 19.1 Å². The van der Waals surface area contributed by atoms with Crippen LogP contribution in [0.3, 0.4) is 0 Å². The van der Waals surface area contributed by atoms with Crippen LogP contribution >= 0.6 is 0 Å². The van der Waals surface area contributed by atoms with Gasteiger partial charge in [0, 0.05) is 24.3 Å². The summed E-state index contributed by atoms with van der Waals surface area (Å²) in [6.07, 6.45) is 1.11. The number of hydrogen-bond acceptors (Lipinski definition) is 2. The minimum atomic E-state index is -0.550. The van der Waals surface area contributed by atoms with Crippen molar-refractivity contribution in [2.75, 3.05) is 16.8 Å². The number of carbonyl (C=O) groups is 2. The molecule has 1 N–H and O–H groups in total. The van der Waals surface area contributed by atoms with Gasteiger partial charge in [0.2, 0.25) is 5.91 Å². The summed E-state index contributed by atoms with van der Waals surface area (Å²) in [7, 11) is 0. The highest BCUT2D eigenvalue weighted by Gasteiger charge is 2.23. The quantitative estimate of drug-likeness (QED) is 0.944. The van der Waals surface area contributed by atoms with E-state index in [-0.39, 0.29) is 11.5 Å². The van der Waals surface area contributed by atoms with Crippen LogP contribution in [-0.2, 0) is 11.2 Å². The van der Waals surface area contributed by atoms with Gasteiger partial charge < -0.3 is 10.2 Å². The first-order valence-electron chi connectivity index (χ1n) is 7.59. The summed E-state index contributed by atoms with van der Waals surface area (Å²) < 4.78 is 13.7. The summed E-state index contributed by atoms with van der Waals surface area (Å²) in [5, 5.41) is 2.71. The average Bonchev–Trinajstić information content (AvgIpc) is 2.55. The fraction of sp³-hybridized carbons (Fsp3) is 0.222. The molecule has 0 radical (unpaired) electrons. The van der Waals surface area contributed by atoms with Gasteiger partial charge in [0.15, 0.2) is 0 Å². The molecule has 0 atom stereocenters. The van der Waals surface area contributed by atoms with Crippen molar-refractivity contribution in [2.24, 2.45) is 0 Å². The summed E-state index contributed by atoms with van der Waals surface area (Å²) in [5.74, 6) is -0.920. The normalized spacial score (nSPS) is 13.7. The molecule has 0 aromatic heterocycles. The molecule has 1 aliphatic rings. The first kappa shape index (κ1) is 15.2. The van der Waals surface area contributed by atoms with Crippen molar-refractivity contribution in [2.45, 2.75) is 19.8 Å². The molecule has 4 nitrogen and oxygen atoms in total. The molecule has 2 aromatic carbocycles. The lowest BCUT2D eigenvalue weighted by Gasteiger charge is -2.28. The Balaban J connectivity index is 1.84. The molecule has 118 valence electrons. The van der Waals surface area contributed by atoms with Crippen molar-refractivity contribution in [3.8, 4) is 0 Å². The molecule has 0 unspecified atom stereocenters. The fourth-order valence-corrected chi connectivity index (χ4v) is 2.83. The smallest absolute Gasteiger partial charge is 0.258 e. The van der Waals surface area contributed by atoms with Crippen LogP contribution in [0.15, 0.2) is 42.5 Å². The highest BCUT2D eigenvalue weighted by molar-refractivity contribution is 6.05. The second-order valence-electron chi connectivity index (χ2n) is 5.42. The zero-order valence-corrected chi connectivity index (χ0v) is 12.8. The van der Waals surface area contributed by atoms with Gasteiger partial charge in [-0.1, -0.05) is 12.1 Å². The van der Waals surface area contributed by atoms with Gasteiger partial charge in [-0.2, -0.15) is 0 Å². The van der Waals surface area contributed by atoms with E-state index >= 15 is 0 Å². The van der Waals surface area contributed by atoms with Crippen LogP contribution in [0.2, 0.25) is 0 Å². The number of aryl methyl sites for hydroxylation is 1. The maximum absolute atomic E-state index is 13.7. The highest BCUT2D eigenvalue weighted by Crippen LogP contribution is 2.30. The van der Waals surface area contributed by atoms with Gasteiger partial charge in [0.1, 0.15) is 5.82 Å². The van der Waals surface area contributed by atoms with Gasteiger partial charge >= 0.3 is 0 Å². The first-order chi connectivity index (χ1) is 11.1. The lowest BCUT2D eigenvalue weighted by molar-refractivity contribution is -0.118. The molecule has 3 rings (SSSR count). The predicted octanol–water partition coefficient (Wildman–Crippen LogP) is 3.38. The molecule has 5 heteroatoms. The largest absolute Gasteiger partial charge is 0.322 e. The third-order valence-electron chi connectivity index (χ3n) is 3.97. The second kappa shape index (κ2) is 6.20. The number of fused-ring (bicyclic) bond motifs is 1. The number of hydrogen-bond donors (Lipinski definition) is 1. The average molecular weight is 312 g/mol. The molecule has 0 saturated carbocycles. The van der Waals surface area contributed by atoms with Crippen molar-refractivity contribution in [3.63, 3.8) is 0 Å². The van der Waals surface area contributed by atoms with E-state index in [0.29, 0.717) is 25.1 Å². The second-order valence-corrected chi connectivity index (χ2v) is 5.42. The number of amides is 2. The minimum absolute atomic E-state index is 0.00980. The van der Waals surface area contributed by atoms with Crippen LogP contribution in [0.25, 0.3) is 0 Å². The van der Waals surface area contributed by atoms with Crippen LogP contribution in [0, 0.1) is 5.82 Å². The van der Waals surface area contributed by atoms with E-state index in [1.54, 1.807) is 23.1 Å². The molecule has 0 aliphatic carbocycles. The minimum Gasteiger partial charge on any atom is -0.322 e. The Bertz CT molecular complexity index is 773. The zero-order chi connectivity index (χ0) is 16.4. The molecule has 0 spiro atoms. The van der Waals surface area contributed by atoms with Crippen LogP contribution in [0.5, 0.6) is 0 Å². The van der Waals surface area contributed by atoms with E-state index in [9.17, 15) is 14.0 Å². The molecular formula is C18H17FN2O2. The van der Waals surface area contributed by atoms with Crippen LogP contribution in [0.4, 0.5) is 15.8 Å². The monoisotopic (exact) mass is 312 g/mol. The van der Waals surface area contributed by atoms with E-state index in [2.05, 4.69) is 5.32 Å². The molecule has 0 saturated heterocycles. The zero-order valence-electron chi connectivity index (χ0n) is 12.8. The van der Waals surface area contributed by atoms with E-state index in [0.717, 1.165) is 11.3 Å². The highest BCUT2D eigenvalue weighted by atomic mass is 19.1. The number of carbonyl (C=O) groups excluding carboxylic acids is 2. The van der Waals surface area contributed by atoms with E-state index in [4.69, 9.17) is 0 Å². The van der Waals surface area contributed by atoms with Crippen LogP contribution in [-0.4, -0.2) is 18.4 Å². The van der Waals surface area contributed by atoms with Gasteiger partial charge in [-0.05, 0) is 49.2 Å². The Labute approximate surface area is 133 Å². The summed E-state index contributed by atoms with van der Waals surface area (Å²) in [5.41, 5.74) is 2.50. The van der Waals surface area contributed by atoms with Crippen LogP contribution in [0.1, 0.15) is 29.3 Å². The van der Waals surface area contributed by atoms with Gasteiger partial charge in [0.05, 0.1) is 5.56 Å². The Morgan fingerprint density at radius 1 is 1.22 bits per heavy atom. The number of benzene rings is 2. The summed E-state index contributed by atoms with van der Waals surface area (Å²) in [6, 6.07) is 11.3. The standard InChI is InChI=1S/C18H17FN2O2/c1-2-21-16-9-8-13(11-12(16)7-10-17(21)22)20-18(23)14-5-3-4-6-15(14)19/h3-6,8-9,11H,2,7,10H2,1H3,(H,20,23). The molecule has 2 aromatic rings. The van der Waals surface area contributed by atoms with Crippen molar-refractivity contribution in [3.05, 3.63) is 59.4 Å². The maximum atomic E-state index is 13.7. The molecular weight excluding hydrogens is 295 g/mol. The SMILES string of the molecule is CCN1C(=O)CCc2cc(NC(=O)c3ccccc3F)ccc21. The number of halogens is 1. The van der Waals surface area contributed by atoms with Crippen molar-refractivity contribution in [1.82, 2.24) is 0 Å². The van der Waals surface area contributed by atoms with Gasteiger partial charge in [-0.3, -0.25) is 9.59 Å². The number of rotatable bonds is 3. The lowest BCUT2D eigenvalue weighted by atomic mass is 10.0.